The SMILES string of the molecule is NC1CCCCC1.O=CNc1nc2c(F)cc(F)cc2s1. The molecule has 3 rings (SSSR count). The number of nitrogens with zero attached hydrogens (tertiary/aromatic N) is 1. The number of benzene rings is 1. The molecule has 0 aliphatic heterocycles. The summed E-state index contributed by atoms with van der Waals surface area (Å²) >= 11 is 1.02. The summed E-state index contributed by atoms with van der Waals surface area (Å²) in [5.74, 6) is -1.38. The van der Waals surface area contributed by atoms with Gasteiger partial charge in [-0.05, 0) is 18.9 Å². The normalized spacial score (nSPS) is 15.4. The van der Waals surface area contributed by atoms with E-state index in [1.54, 1.807) is 0 Å². The van der Waals surface area contributed by atoms with Crippen molar-refractivity contribution in [1.82, 2.24) is 4.98 Å². The van der Waals surface area contributed by atoms with Crippen molar-refractivity contribution in [1.29, 1.82) is 0 Å². The zero-order valence-electron chi connectivity index (χ0n) is 11.4. The number of halogens is 2. The van der Waals surface area contributed by atoms with Crippen LogP contribution in [0.3, 0.4) is 0 Å². The molecule has 1 aliphatic carbocycles. The van der Waals surface area contributed by atoms with Gasteiger partial charge in [0, 0.05) is 12.1 Å². The summed E-state index contributed by atoms with van der Waals surface area (Å²) in [4.78, 5) is 13.9. The molecule has 1 heterocycles. The van der Waals surface area contributed by atoms with Gasteiger partial charge in [0.05, 0.1) is 4.70 Å². The van der Waals surface area contributed by atoms with Gasteiger partial charge in [0.2, 0.25) is 6.41 Å². The molecule has 1 fully saturated rings. The van der Waals surface area contributed by atoms with Crippen molar-refractivity contribution >= 4 is 33.1 Å². The average Bonchev–Trinajstić information content (AvgIpc) is 2.83. The highest BCUT2D eigenvalue weighted by molar-refractivity contribution is 7.22. The molecule has 0 atom stereocenters. The van der Waals surface area contributed by atoms with E-state index in [2.05, 4.69) is 10.3 Å². The lowest BCUT2D eigenvalue weighted by molar-refractivity contribution is -0.105. The van der Waals surface area contributed by atoms with Gasteiger partial charge in [-0.3, -0.25) is 4.79 Å². The standard InChI is InChI=1S/C8H4F2N2OS.C6H13N/c9-4-1-5(10)7-6(2-4)14-8(12-7)11-3-13;7-6-4-2-1-3-5-6/h1-3H,(H,11,12,13);6H,1-5,7H2. The predicted molar refractivity (Wildman–Crippen MR) is 80.3 cm³/mol. The fourth-order valence-corrected chi connectivity index (χ4v) is 3.07. The summed E-state index contributed by atoms with van der Waals surface area (Å²) in [5.41, 5.74) is 5.70. The third kappa shape index (κ3) is 4.44. The van der Waals surface area contributed by atoms with Gasteiger partial charge in [0.1, 0.15) is 11.3 Å². The van der Waals surface area contributed by atoms with Crippen LogP contribution < -0.4 is 11.1 Å². The number of carbonyl (C=O) groups excluding carboxylic acids is 1. The maximum absolute atomic E-state index is 13.1. The number of thiazole rings is 1. The number of anilines is 1. The molecular formula is C14H17F2N3OS. The Hall–Kier alpha value is -1.60. The molecule has 21 heavy (non-hydrogen) atoms. The first-order valence-corrected chi connectivity index (χ1v) is 7.63. The van der Waals surface area contributed by atoms with E-state index >= 15 is 0 Å². The Labute approximate surface area is 125 Å². The predicted octanol–water partition coefficient (Wildman–Crippen LogP) is 3.42. The number of fused-ring (bicyclic) bond motifs is 1. The van der Waals surface area contributed by atoms with E-state index in [0.29, 0.717) is 17.2 Å². The maximum Gasteiger partial charge on any atom is 0.213 e. The van der Waals surface area contributed by atoms with Crippen LogP contribution in [-0.2, 0) is 4.79 Å². The van der Waals surface area contributed by atoms with E-state index in [4.69, 9.17) is 5.73 Å². The van der Waals surface area contributed by atoms with Crippen LogP contribution in [-0.4, -0.2) is 17.4 Å². The second-order valence-corrected chi connectivity index (χ2v) is 5.94. The zero-order valence-corrected chi connectivity index (χ0v) is 12.3. The molecule has 2 aromatic rings. The summed E-state index contributed by atoms with van der Waals surface area (Å²) in [5, 5.41) is 2.53. The largest absolute Gasteiger partial charge is 0.328 e. The molecule has 1 aliphatic rings. The van der Waals surface area contributed by atoms with Gasteiger partial charge in [-0.2, -0.15) is 0 Å². The number of hydrogen-bond acceptors (Lipinski definition) is 4. The lowest BCUT2D eigenvalue weighted by Gasteiger charge is -2.15. The molecule has 1 saturated carbocycles. The molecule has 114 valence electrons. The number of aromatic nitrogens is 1. The van der Waals surface area contributed by atoms with E-state index in [1.807, 2.05) is 0 Å². The van der Waals surface area contributed by atoms with Crippen LogP contribution in [0.5, 0.6) is 0 Å². The maximum atomic E-state index is 13.1. The molecule has 0 unspecified atom stereocenters. The Morgan fingerprint density at radius 3 is 2.57 bits per heavy atom. The minimum atomic E-state index is -0.727. The second-order valence-electron chi connectivity index (χ2n) is 4.91. The molecule has 4 nitrogen and oxygen atoms in total. The number of carbonyl (C=O) groups is 1. The van der Waals surface area contributed by atoms with Crippen molar-refractivity contribution in [2.75, 3.05) is 5.32 Å². The van der Waals surface area contributed by atoms with Crippen LogP contribution in [0.1, 0.15) is 32.1 Å². The summed E-state index contributed by atoms with van der Waals surface area (Å²) < 4.78 is 26.2. The fraction of sp³-hybridized carbons (Fsp3) is 0.429. The highest BCUT2D eigenvalue weighted by Crippen LogP contribution is 2.28. The first-order chi connectivity index (χ1) is 10.1. The summed E-state index contributed by atoms with van der Waals surface area (Å²) in [7, 11) is 0. The quantitative estimate of drug-likeness (QED) is 0.835. The van der Waals surface area contributed by atoms with E-state index < -0.39 is 11.6 Å². The highest BCUT2D eigenvalue weighted by atomic mass is 32.1. The summed E-state index contributed by atoms with van der Waals surface area (Å²) in [6.07, 6.45) is 7.10. The van der Waals surface area contributed by atoms with Crippen LogP contribution in [0.25, 0.3) is 10.2 Å². The average molecular weight is 313 g/mol. The topological polar surface area (TPSA) is 68.0 Å². The first-order valence-electron chi connectivity index (χ1n) is 6.81. The van der Waals surface area contributed by atoms with E-state index in [9.17, 15) is 13.6 Å². The van der Waals surface area contributed by atoms with E-state index in [0.717, 1.165) is 17.4 Å². The monoisotopic (exact) mass is 313 g/mol. The Bertz CT molecular complexity index is 612. The second kappa shape index (κ2) is 7.42. The van der Waals surface area contributed by atoms with Gasteiger partial charge >= 0.3 is 0 Å². The van der Waals surface area contributed by atoms with Crippen molar-refractivity contribution in [3.8, 4) is 0 Å². The van der Waals surface area contributed by atoms with E-state index in [-0.39, 0.29) is 10.6 Å². The molecule has 7 heteroatoms. The van der Waals surface area contributed by atoms with Crippen molar-refractivity contribution in [2.45, 2.75) is 38.1 Å². The van der Waals surface area contributed by atoms with Crippen LogP contribution in [0.4, 0.5) is 13.9 Å². The van der Waals surface area contributed by atoms with Gasteiger partial charge in [-0.1, -0.05) is 30.6 Å². The number of hydrogen-bond donors (Lipinski definition) is 2. The number of nitrogens with two attached hydrogens (primary N) is 1. The minimum absolute atomic E-state index is 0.0701. The van der Waals surface area contributed by atoms with Gasteiger partial charge in [-0.15, -0.1) is 0 Å². The molecule has 1 amide bonds. The highest BCUT2D eigenvalue weighted by Gasteiger charge is 2.09. The van der Waals surface area contributed by atoms with Gasteiger partial charge in [0.15, 0.2) is 10.9 Å². The molecule has 0 saturated heterocycles. The summed E-state index contributed by atoms with van der Waals surface area (Å²) in [6.45, 7) is 0. The number of rotatable bonds is 2. The Morgan fingerprint density at radius 2 is 2.00 bits per heavy atom. The Morgan fingerprint density at radius 1 is 1.29 bits per heavy atom. The van der Waals surface area contributed by atoms with Crippen LogP contribution in [0.2, 0.25) is 0 Å². The molecule has 3 N–H and O–H groups in total. The third-order valence-electron chi connectivity index (χ3n) is 3.25. The molecule has 0 spiro atoms. The summed E-state index contributed by atoms with van der Waals surface area (Å²) in [6, 6.07) is 2.47. The lowest BCUT2D eigenvalue weighted by atomic mass is 9.97. The lowest BCUT2D eigenvalue weighted by Crippen LogP contribution is -2.22. The molecule has 1 aromatic carbocycles. The van der Waals surface area contributed by atoms with Gasteiger partial charge in [0.25, 0.3) is 0 Å². The van der Waals surface area contributed by atoms with Crippen LogP contribution in [0.15, 0.2) is 12.1 Å². The number of nitrogens with one attached hydrogen (secondary N) is 1. The molecule has 0 radical (unpaired) electrons. The van der Waals surface area contributed by atoms with Crippen molar-refractivity contribution in [2.24, 2.45) is 5.73 Å². The third-order valence-corrected chi connectivity index (χ3v) is 4.18. The molecule has 1 aromatic heterocycles. The first kappa shape index (κ1) is 15.8. The minimum Gasteiger partial charge on any atom is -0.328 e. The van der Waals surface area contributed by atoms with Crippen molar-refractivity contribution in [3.63, 3.8) is 0 Å². The van der Waals surface area contributed by atoms with Crippen molar-refractivity contribution in [3.05, 3.63) is 23.8 Å². The Balaban J connectivity index is 0.000000194. The van der Waals surface area contributed by atoms with Crippen LogP contribution in [0, 0.1) is 11.6 Å². The van der Waals surface area contributed by atoms with Gasteiger partial charge in [-0.25, -0.2) is 13.8 Å². The number of amides is 1. The molecular weight excluding hydrogens is 296 g/mol. The van der Waals surface area contributed by atoms with Crippen molar-refractivity contribution < 1.29 is 13.6 Å². The van der Waals surface area contributed by atoms with Gasteiger partial charge < -0.3 is 11.1 Å². The Kier molecular flexibility index (Phi) is 5.58. The molecule has 0 bridgehead atoms. The van der Waals surface area contributed by atoms with Crippen LogP contribution >= 0.6 is 11.3 Å². The fourth-order valence-electron chi connectivity index (χ4n) is 2.20. The zero-order chi connectivity index (χ0) is 15.2. The smallest absolute Gasteiger partial charge is 0.213 e. The van der Waals surface area contributed by atoms with E-state index in [1.165, 1.54) is 38.2 Å².